The summed E-state index contributed by atoms with van der Waals surface area (Å²) < 4.78 is 4.67. The first-order valence-electron chi connectivity index (χ1n) is 6.71. The number of hydrogen-bond acceptors (Lipinski definition) is 3. The zero-order valence-electron chi connectivity index (χ0n) is 11.1. The van der Waals surface area contributed by atoms with Crippen molar-refractivity contribution in [2.45, 2.75) is 32.1 Å². The minimum Gasteiger partial charge on any atom is -0.469 e. The molecule has 3 rings (SSSR count). The number of hydrogen-bond donors (Lipinski definition) is 0. The molecule has 0 saturated heterocycles. The molecule has 100 valence electrons. The van der Waals surface area contributed by atoms with E-state index in [2.05, 4.69) is 16.9 Å². The maximum atomic E-state index is 11.9. The SMILES string of the molecule is COC(=O)CCc1cc2c3c(c1)CC(=O)N3CCC2. The summed E-state index contributed by atoms with van der Waals surface area (Å²) in [6, 6.07) is 4.22. The van der Waals surface area contributed by atoms with Gasteiger partial charge >= 0.3 is 5.97 Å². The van der Waals surface area contributed by atoms with Crippen molar-refractivity contribution in [3.63, 3.8) is 0 Å². The molecule has 2 heterocycles. The summed E-state index contributed by atoms with van der Waals surface area (Å²) in [6.07, 6.45) is 3.64. The molecule has 0 aliphatic carbocycles. The molecule has 1 aromatic rings. The zero-order chi connectivity index (χ0) is 13.4. The Morgan fingerprint density at radius 2 is 2.16 bits per heavy atom. The number of ether oxygens (including phenoxy) is 1. The highest BCUT2D eigenvalue weighted by Gasteiger charge is 2.32. The quantitative estimate of drug-likeness (QED) is 0.775. The van der Waals surface area contributed by atoms with Crippen molar-refractivity contribution < 1.29 is 14.3 Å². The summed E-state index contributed by atoms with van der Waals surface area (Å²) in [5.41, 5.74) is 4.66. The van der Waals surface area contributed by atoms with Crippen LogP contribution in [0.4, 0.5) is 5.69 Å². The topological polar surface area (TPSA) is 46.6 Å². The van der Waals surface area contributed by atoms with Crippen molar-refractivity contribution in [2.24, 2.45) is 0 Å². The standard InChI is InChI=1S/C15H17NO3/c1-19-14(18)5-4-10-7-11-3-2-6-16-13(17)9-12(8-10)15(11)16/h7-8H,2-6,9H2,1H3. The molecule has 1 aromatic carbocycles. The van der Waals surface area contributed by atoms with Gasteiger partial charge in [-0.05, 0) is 36.0 Å². The Balaban J connectivity index is 1.88. The molecular formula is C15H17NO3. The van der Waals surface area contributed by atoms with Crippen LogP contribution in [-0.4, -0.2) is 25.5 Å². The average Bonchev–Trinajstić information content (AvgIpc) is 2.74. The van der Waals surface area contributed by atoms with E-state index in [1.54, 1.807) is 0 Å². The number of anilines is 1. The summed E-state index contributed by atoms with van der Waals surface area (Å²) in [6.45, 7) is 0.848. The van der Waals surface area contributed by atoms with E-state index in [4.69, 9.17) is 0 Å². The molecule has 2 aliphatic rings. The van der Waals surface area contributed by atoms with Gasteiger partial charge < -0.3 is 9.64 Å². The fourth-order valence-electron chi connectivity index (χ4n) is 3.04. The monoisotopic (exact) mass is 259 g/mol. The lowest BCUT2D eigenvalue weighted by molar-refractivity contribution is -0.140. The van der Waals surface area contributed by atoms with Gasteiger partial charge in [-0.15, -0.1) is 0 Å². The lowest BCUT2D eigenvalue weighted by Gasteiger charge is -2.26. The predicted molar refractivity (Wildman–Crippen MR) is 71.2 cm³/mol. The maximum absolute atomic E-state index is 11.9. The van der Waals surface area contributed by atoms with Crippen LogP contribution in [0.25, 0.3) is 0 Å². The number of rotatable bonds is 3. The third-order valence-electron chi connectivity index (χ3n) is 3.91. The van der Waals surface area contributed by atoms with Crippen molar-refractivity contribution in [3.05, 3.63) is 28.8 Å². The normalized spacial score (nSPS) is 16.5. The van der Waals surface area contributed by atoms with Crippen LogP contribution in [0, 0.1) is 0 Å². The number of nitrogens with zero attached hydrogens (tertiary/aromatic N) is 1. The Morgan fingerprint density at radius 3 is 2.95 bits per heavy atom. The van der Waals surface area contributed by atoms with E-state index in [0.29, 0.717) is 19.3 Å². The maximum Gasteiger partial charge on any atom is 0.305 e. The highest BCUT2D eigenvalue weighted by atomic mass is 16.5. The molecule has 0 saturated carbocycles. The molecule has 0 radical (unpaired) electrons. The number of amides is 1. The summed E-state index contributed by atoms with van der Waals surface area (Å²) in [5.74, 6) is 0.0212. The highest BCUT2D eigenvalue weighted by molar-refractivity contribution is 6.02. The van der Waals surface area contributed by atoms with Crippen LogP contribution >= 0.6 is 0 Å². The van der Waals surface area contributed by atoms with E-state index in [1.165, 1.54) is 12.7 Å². The van der Waals surface area contributed by atoms with Crippen molar-refractivity contribution in [1.82, 2.24) is 0 Å². The molecule has 0 aromatic heterocycles. The van der Waals surface area contributed by atoms with Gasteiger partial charge in [-0.1, -0.05) is 12.1 Å². The Morgan fingerprint density at radius 1 is 1.37 bits per heavy atom. The van der Waals surface area contributed by atoms with Gasteiger partial charge in [0.1, 0.15) is 0 Å². The van der Waals surface area contributed by atoms with Crippen LogP contribution < -0.4 is 4.90 Å². The van der Waals surface area contributed by atoms with Crippen LogP contribution in [0.5, 0.6) is 0 Å². The molecule has 0 bridgehead atoms. The van der Waals surface area contributed by atoms with Crippen LogP contribution in [0.15, 0.2) is 12.1 Å². The smallest absolute Gasteiger partial charge is 0.305 e. The van der Waals surface area contributed by atoms with E-state index in [9.17, 15) is 9.59 Å². The van der Waals surface area contributed by atoms with Crippen molar-refractivity contribution >= 4 is 17.6 Å². The second-order valence-corrected chi connectivity index (χ2v) is 5.16. The number of benzene rings is 1. The minimum absolute atomic E-state index is 0.188. The average molecular weight is 259 g/mol. The van der Waals surface area contributed by atoms with Gasteiger partial charge in [-0.3, -0.25) is 9.59 Å². The fourth-order valence-corrected chi connectivity index (χ4v) is 3.04. The Kier molecular flexibility index (Phi) is 3.01. The van der Waals surface area contributed by atoms with Crippen molar-refractivity contribution in [3.8, 4) is 0 Å². The van der Waals surface area contributed by atoms with Gasteiger partial charge in [-0.2, -0.15) is 0 Å². The zero-order valence-corrected chi connectivity index (χ0v) is 11.1. The fraction of sp³-hybridized carbons (Fsp3) is 0.467. The number of aryl methyl sites for hydroxylation is 2. The molecule has 0 fully saturated rings. The third-order valence-corrected chi connectivity index (χ3v) is 3.91. The summed E-state index contributed by atoms with van der Waals surface area (Å²) >= 11 is 0. The Labute approximate surface area is 112 Å². The van der Waals surface area contributed by atoms with Crippen LogP contribution in [-0.2, 0) is 33.6 Å². The van der Waals surface area contributed by atoms with Gasteiger partial charge in [0, 0.05) is 13.0 Å². The largest absolute Gasteiger partial charge is 0.469 e. The van der Waals surface area contributed by atoms with Gasteiger partial charge in [0.2, 0.25) is 5.91 Å². The molecule has 4 nitrogen and oxygen atoms in total. The van der Waals surface area contributed by atoms with Gasteiger partial charge in [0.25, 0.3) is 0 Å². The van der Waals surface area contributed by atoms with E-state index >= 15 is 0 Å². The lowest BCUT2D eigenvalue weighted by Crippen LogP contribution is -2.31. The summed E-state index contributed by atoms with van der Waals surface area (Å²) in [5, 5.41) is 0. The van der Waals surface area contributed by atoms with Crippen LogP contribution in [0.1, 0.15) is 29.5 Å². The highest BCUT2D eigenvalue weighted by Crippen LogP contribution is 2.37. The number of carbonyl (C=O) groups is 2. The summed E-state index contributed by atoms with van der Waals surface area (Å²) in [7, 11) is 1.41. The second-order valence-electron chi connectivity index (χ2n) is 5.16. The van der Waals surface area contributed by atoms with E-state index in [1.807, 2.05) is 4.90 Å². The number of methoxy groups -OCH3 is 1. The van der Waals surface area contributed by atoms with E-state index < -0.39 is 0 Å². The van der Waals surface area contributed by atoms with Crippen molar-refractivity contribution in [2.75, 3.05) is 18.6 Å². The Bertz CT molecular complexity index is 551. The van der Waals surface area contributed by atoms with Gasteiger partial charge in [0.15, 0.2) is 0 Å². The first-order valence-corrected chi connectivity index (χ1v) is 6.71. The molecule has 4 heteroatoms. The van der Waals surface area contributed by atoms with Crippen molar-refractivity contribution in [1.29, 1.82) is 0 Å². The van der Waals surface area contributed by atoms with E-state index in [0.717, 1.165) is 36.2 Å². The molecule has 0 unspecified atom stereocenters. The molecule has 1 amide bonds. The molecule has 0 atom stereocenters. The molecule has 2 aliphatic heterocycles. The Hall–Kier alpha value is -1.84. The molecule has 0 N–H and O–H groups in total. The molecular weight excluding hydrogens is 242 g/mol. The minimum atomic E-state index is -0.188. The van der Waals surface area contributed by atoms with E-state index in [-0.39, 0.29) is 11.9 Å². The molecule has 19 heavy (non-hydrogen) atoms. The van der Waals surface area contributed by atoms with Gasteiger partial charge in [-0.25, -0.2) is 0 Å². The molecule has 0 spiro atoms. The number of esters is 1. The first-order chi connectivity index (χ1) is 9.19. The lowest BCUT2D eigenvalue weighted by atomic mass is 9.95. The number of carbonyl (C=O) groups excluding carboxylic acids is 2. The van der Waals surface area contributed by atoms with Crippen LogP contribution in [0.2, 0.25) is 0 Å². The predicted octanol–water partition coefficient (Wildman–Crippen LogP) is 1.63. The first kappa shape index (κ1) is 12.2. The second kappa shape index (κ2) is 4.68. The van der Waals surface area contributed by atoms with Gasteiger partial charge in [0.05, 0.1) is 19.2 Å². The van der Waals surface area contributed by atoms with Crippen LogP contribution in [0.3, 0.4) is 0 Å². The summed E-state index contributed by atoms with van der Waals surface area (Å²) in [4.78, 5) is 25.0. The third kappa shape index (κ3) is 2.11.